The predicted molar refractivity (Wildman–Crippen MR) is 68.2 cm³/mol. The van der Waals surface area contributed by atoms with Crippen molar-refractivity contribution in [3.05, 3.63) is 41.8 Å². The molecule has 0 unspecified atom stereocenters. The molecule has 0 aliphatic carbocycles. The molecule has 0 amide bonds. The van der Waals surface area contributed by atoms with Crippen LogP contribution in [0.5, 0.6) is 0 Å². The first-order valence-electron chi connectivity index (χ1n) is 5.00. The molecule has 1 aromatic carbocycles. The number of aromatic nitrogens is 3. The van der Waals surface area contributed by atoms with Gasteiger partial charge in [0.1, 0.15) is 0 Å². The van der Waals surface area contributed by atoms with Gasteiger partial charge in [-0.05, 0) is 5.41 Å². The summed E-state index contributed by atoms with van der Waals surface area (Å²) in [7, 11) is 0. The summed E-state index contributed by atoms with van der Waals surface area (Å²) in [6.45, 7) is 0. The molecule has 0 spiro atoms. The summed E-state index contributed by atoms with van der Waals surface area (Å²) in [5, 5.41) is 18.2. The van der Waals surface area contributed by atoms with Gasteiger partial charge >= 0.3 is 5.97 Å². The minimum atomic E-state index is -1.02. The first-order valence-corrected chi connectivity index (χ1v) is 5.88. The Morgan fingerprint density at radius 1 is 1.33 bits per heavy atom. The van der Waals surface area contributed by atoms with E-state index in [9.17, 15) is 4.79 Å². The second kappa shape index (κ2) is 5.37. The molecule has 6 nitrogen and oxygen atoms in total. The summed E-state index contributed by atoms with van der Waals surface area (Å²) >= 11 is 1.09. The Morgan fingerprint density at radius 2 is 2.06 bits per heavy atom. The Hall–Kier alpha value is -2.28. The molecule has 1 aromatic heterocycles. The van der Waals surface area contributed by atoms with Gasteiger partial charge in [-0.25, -0.2) is 9.47 Å². The van der Waals surface area contributed by atoms with Gasteiger partial charge in [-0.15, -0.1) is 10.2 Å². The van der Waals surface area contributed by atoms with Crippen LogP contribution < -0.4 is 5.84 Å². The molecule has 3 N–H and O–H groups in total. The van der Waals surface area contributed by atoms with Gasteiger partial charge in [0.05, 0.1) is 0 Å². The number of benzene rings is 1. The van der Waals surface area contributed by atoms with Gasteiger partial charge in [0.15, 0.2) is 5.82 Å². The maximum atomic E-state index is 10.3. The standard InChI is InChI=1S/C11H10N4O2S/c12-15-10(8-4-2-1-3-5-8)13-14-11(15)18-7-6-9(16)17/h1-7H,12H2,(H,16,17)/b7-6-. The largest absolute Gasteiger partial charge is 0.478 e. The number of rotatable bonds is 4. The third-order valence-electron chi connectivity index (χ3n) is 2.08. The molecule has 92 valence electrons. The molecule has 2 rings (SSSR count). The number of nitrogens with two attached hydrogens (primary N) is 1. The third kappa shape index (κ3) is 2.69. The summed E-state index contributed by atoms with van der Waals surface area (Å²) in [5.74, 6) is 5.35. The number of hydrogen-bond donors (Lipinski definition) is 2. The van der Waals surface area contributed by atoms with Crippen LogP contribution in [0.4, 0.5) is 0 Å². The second-order valence-corrected chi connectivity index (χ2v) is 4.17. The predicted octanol–water partition coefficient (Wildman–Crippen LogP) is 1.35. The quantitative estimate of drug-likeness (QED) is 0.490. The lowest BCUT2D eigenvalue weighted by Crippen LogP contribution is -2.11. The number of aliphatic carboxylic acids is 1. The van der Waals surface area contributed by atoms with Crippen molar-refractivity contribution < 1.29 is 9.90 Å². The molecule has 18 heavy (non-hydrogen) atoms. The zero-order valence-electron chi connectivity index (χ0n) is 9.22. The number of nitrogen functional groups attached to an aromatic ring is 1. The van der Waals surface area contributed by atoms with E-state index in [2.05, 4.69) is 10.2 Å². The van der Waals surface area contributed by atoms with Crippen molar-refractivity contribution in [2.45, 2.75) is 5.16 Å². The highest BCUT2D eigenvalue weighted by molar-refractivity contribution is 8.02. The summed E-state index contributed by atoms with van der Waals surface area (Å²) in [6, 6.07) is 9.39. The molecular formula is C11H10N4O2S. The highest BCUT2D eigenvalue weighted by Crippen LogP contribution is 2.21. The fourth-order valence-corrected chi connectivity index (χ4v) is 1.89. The van der Waals surface area contributed by atoms with E-state index < -0.39 is 5.97 Å². The highest BCUT2D eigenvalue weighted by atomic mass is 32.2. The van der Waals surface area contributed by atoms with E-state index >= 15 is 0 Å². The second-order valence-electron chi connectivity index (χ2n) is 3.30. The first-order chi connectivity index (χ1) is 8.68. The van der Waals surface area contributed by atoms with Crippen molar-refractivity contribution in [1.82, 2.24) is 14.9 Å². The average Bonchev–Trinajstić information content (AvgIpc) is 2.72. The third-order valence-corrected chi connectivity index (χ3v) is 2.84. The molecule has 0 fully saturated rings. The van der Waals surface area contributed by atoms with E-state index in [0.29, 0.717) is 11.0 Å². The lowest BCUT2D eigenvalue weighted by Gasteiger charge is -2.01. The van der Waals surface area contributed by atoms with Gasteiger partial charge in [-0.2, -0.15) is 0 Å². The lowest BCUT2D eigenvalue weighted by molar-refractivity contribution is -0.131. The lowest BCUT2D eigenvalue weighted by atomic mass is 10.2. The van der Waals surface area contributed by atoms with Crippen LogP contribution in [0, 0.1) is 0 Å². The van der Waals surface area contributed by atoms with Crippen LogP contribution in [-0.2, 0) is 4.79 Å². The SMILES string of the molecule is Nn1c(S/C=C\C(=O)O)nnc1-c1ccccc1. The zero-order chi connectivity index (χ0) is 13.0. The van der Waals surface area contributed by atoms with Crippen LogP contribution in [0.1, 0.15) is 0 Å². The number of carbonyl (C=O) groups is 1. The van der Waals surface area contributed by atoms with Crippen molar-refractivity contribution in [2.75, 3.05) is 5.84 Å². The number of hydrogen-bond acceptors (Lipinski definition) is 5. The normalized spacial score (nSPS) is 10.9. The molecule has 0 aliphatic heterocycles. The first kappa shape index (κ1) is 12.2. The van der Waals surface area contributed by atoms with Crippen molar-refractivity contribution in [3.63, 3.8) is 0 Å². The molecule has 0 aliphatic rings. The molecule has 0 saturated carbocycles. The topological polar surface area (TPSA) is 94.0 Å². The van der Waals surface area contributed by atoms with Gasteiger partial charge in [0.25, 0.3) is 0 Å². The Bertz CT molecular complexity index is 580. The van der Waals surface area contributed by atoms with Crippen molar-refractivity contribution in [1.29, 1.82) is 0 Å². The van der Waals surface area contributed by atoms with Crippen LogP contribution in [0.2, 0.25) is 0 Å². The minimum absolute atomic E-state index is 0.423. The zero-order valence-corrected chi connectivity index (χ0v) is 10.0. The molecule has 7 heteroatoms. The molecule has 0 bridgehead atoms. The van der Waals surface area contributed by atoms with E-state index in [0.717, 1.165) is 23.4 Å². The van der Waals surface area contributed by atoms with E-state index in [1.54, 1.807) is 0 Å². The van der Waals surface area contributed by atoms with E-state index in [-0.39, 0.29) is 0 Å². The van der Waals surface area contributed by atoms with Gasteiger partial charge in [-0.1, -0.05) is 42.1 Å². The van der Waals surface area contributed by atoms with E-state index in [1.165, 1.54) is 10.1 Å². The van der Waals surface area contributed by atoms with Crippen molar-refractivity contribution in [2.24, 2.45) is 0 Å². The summed E-state index contributed by atoms with van der Waals surface area (Å²) in [4.78, 5) is 10.3. The average molecular weight is 262 g/mol. The van der Waals surface area contributed by atoms with Gasteiger partial charge in [-0.3, -0.25) is 0 Å². The number of thioether (sulfide) groups is 1. The fraction of sp³-hybridized carbons (Fsp3) is 0. The molecular weight excluding hydrogens is 252 g/mol. The van der Waals surface area contributed by atoms with Crippen molar-refractivity contribution >= 4 is 17.7 Å². The fourth-order valence-electron chi connectivity index (χ4n) is 1.29. The van der Waals surface area contributed by atoms with E-state index in [4.69, 9.17) is 10.9 Å². The molecule has 1 heterocycles. The number of carboxylic acid groups (broad SMARTS) is 1. The van der Waals surface area contributed by atoms with Crippen LogP contribution in [-0.4, -0.2) is 25.9 Å². The monoisotopic (exact) mass is 262 g/mol. The summed E-state index contributed by atoms with van der Waals surface area (Å²) < 4.78 is 1.33. The molecule has 0 radical (unpaired) electrons. The van der Waals surface area contributed by atoms with E-state index in [1.807, 2.05) is 30.3 Å². The molecule has 0 atom stereocenters. The Morgan fingerprint density at radius 3 is 2.72 bits per heavy atom. The maximum Gasteiger partial charge on any atom is 0.328 e. The molecule has 2 aromatic rings. The van der Waals surface area contributed by atoms with Crippen LogP contribution in [0.25, 0.3) is 11.4 Å². The van der Waals surface area contributed by atoms with Crippen LogP contribution in [0.3, 0.4) is 0 Å². The molecule has 0 saturated heterocycles. The summed E-state index contributed by atoms with van der Waals surface area (Å²) in [6.07, 6.45) is 1.02. The van der Waals surface area contributed by atoms with Crippen LogP contribution >= 0.6 is 11.8 Å². The Balaban J connectivity index is 2.22. The summed E-state index contributed by atoms with van der Waals surface area (Å²) in [5.41, 5.74) is 0.849. The van der Waals surface area contributed by atoms with Crippen molar-refractivity contribution in [3.8, 4) is 11.4 Å². The number of carboxylic acids is 1. The van der Waals surface area contributed by atoms with Gasteiger partial charge < -0.3 is 10.9 Å². The maximum absolute atomic E-state index is 10.3. The number of nitrogens with zero attached hydrogens (tertiary/aromatic N) is 3. The van der Waals surface area contributed by atoms with Gasteiger partial charge in [0, 0.05) is 11.6 Å². The highest BCUT2D eigenvalue weighted by Gasteiger charge is 2.10. The Labute approximate surface area is 107 Å². The minimum Gasteiger partial charge on any atom is -0.478 e. The Kier molecular flexibility index (Phi) is 3.63. The van der Waals surface area contributed by atoms with Crippen LogP contribution in [0.15, 0.2) is 47.0 Å². The van der Waals surface area contributed by atoms with Gasteiger partial charge in [0.2, 0.25) is 5.16 Å². The smallest absolute Gasteiger partial charge is 0.328 e.